The molecule has 1 aliphatic heterocycles. The first-order chi connectivity index (χ1) is 37.2. The molecule has 79 heavy (non-hydrogen) atoms. The molecule has 3 aliphatic carbocycles. The van der Waals surface area contributed by atoms with Gasteiger partial charge < -0.3 is 33.8 Å². The third-order valence-corrected chi connectivity index (χ3v) is 22.4. The number of allylic oxidation sites excluding steroid dienone is 1. The Morgan fingerprint density at radius 2 is 1.51 bits per heavy atom. The van der Waals surface area contributed by atoms with Crippen LogP contribution in [-0.2, 0) is 42.6 Å². The predicted octanol–water partition coefficient (Wildman–Crippen LogP) is 8.83. The quantitative estimate of drug-likeness (QED) is 0.0432. The van der Waals surface area contributed by atoms with Gasteiger partial charge >= 0.3 is 17.9 Å². The van der Waals surface area contributed by atoms with Crippen LogP contribution in [0, 0.1) is 22.7 Å². The molecule has 2 aromatic heterocycles. The van der Waals surface area contributed by atoms with Gasteiger partial charge in [0.2, 0.25) is 0 Å². The van der Waals surface area contributed by atoms with E-state index in [0.29, 0.717) is 28.2 Å². The zero-order valence-corrected chi connectivity index (χ0v) is 47.7. The summed E-state index contributed by atoms with van der Waals surface area (Å²) in [5.74, 6) is -6.92. The van der Waals surface area contributed by atoms with Gasteiger partial charge in [-0.15, -0.1) is 0 Å². The number of esters is 3. The summed E-state index contributed by atoms with van der Waals surface area (Å²) in [4.78, 5) is 99.0. The van der Waals surface area contributed by atoms with Crippen molar-refractivity contribution in [3.8, 4) is 5.82 Å². The van der Waals surface area contributed by atoms with Crippen LogP contribution in [0.1, 0.15) is 126 Å². The van der Waals surface area contributed by atoms with Crippen LogP contribution in [0.2, 0.25) is 18.1 Å². The number of fused-ring (bicyclic) bond motifs is 5. The summed E-state index contributed by atoms with van der Waals surface area (Å²) >= 11 is 0. The van der Waals surface area contributed by atoms with E-state index in [0.717, 1.165) is 0 Å². The minimum atomic E-state index is -2.89. The summed E-state index contributed by atoms with van der Waals surface area (Å²) in [6.07, 6.45) is 0.0964. The number of nitrogens with one attached hydrogen (secondary N) is 1. The molecule has 11 atom stereocenters. The fourth-order valence-corrected chi connectivity index (χ4v) is 14.0. The number of amides is 1. The molecule has 2 bridgehead atoms. The molecule has 2 N–H and O–H groups in total. The van der Waals surface area contributed by atoms with Crippen molar-refractivity contribution in [1.29, 1.82) is 0 Å². The van der Waals surface area contributed by atoms with Crippen LogP contribution in [0.25, 0.3) is 5.82 Å². The number of hydrogen-bond acceptors (Lipinski definition) is 15. The maximum absolute atomic E-state index is 16.8. The standard InChI is InChI=1S/C61H71N5O12Si/c1-36-42(30-45(69)50(78-79(10,11)57(4,5)6)49(39-22-15-12-16-23-39)65-55(71)40-24-17-13-18-25-40)32-61(73)54(76-56(72)41-26-19-14-20-27-41)52-59(9,53(70)51(75-37(2)67)48(36)58(61,7)8)43(31-46-60(52,35-74-46)77-38(3)68)44-33-62-34-47(64-44)66-29-21-28-63-66/h12-29,33-34,42-43,46,49-52,54,73H,30-32,35H2,1-11H3,(H,65,71)/t42-,43-,46+,49-,50-,51+,52-,54-,59+,60-,61+/m0/s1. The molecule has 3 aromatic carbocycles. The number of ether oxygens (including phenoxy) is 4. The van der Waals surface area contributed by atoms with Gasteiger partial charge in [0.25, 0.3) is 5.91 Å². The van der Waals surface area contributed by atoms with Gasteiger partial charge in [-0.25, -0.2) is 14.5 Å². The van der Waals surface area contributed by atoms with Crippen molar-refractivity contribution in [1.82, 2.24) is 25.1 Å². The molecule has 9 rings (SSSR count). The van der Waals surface area contributed by atoms with Gasteiger partial charge in [-0.05, 0) is 85.3 Å². The van der Waals surface area contributed by atoms with Crippen molar-refractivity contribution in [2.24, 2.45) is 22.7 Å². The minimum absolute atomic E-state index is 0.0331. The van der Waals surface area contributed by atoms with Gasteiger partial charge in [-0.2, -0.15) is 5.10 Å². The normalized spacial score (nSPS) is 28.0. The number of carbonyl (C=O) groups excluding carboxylic acids is 6. The molecular formula is C61H71N5O12Si. The Hall–Kier alpha value is -6.99. The molecule has 2 saturated carbocycles. The van der Waals surface area contributed by atoms with Crippen LogP contribution in [0.15, 0.2) is 133 Å². The molecule has 0 radical (unpaired) electrons. The minimum Gasteiger partial charge on any atom is -0.455 e. The topological polar surface area (TPSA) is 224 Å². The molecule has 4 aliphatic rings. The number of Topliss-reactive ketones (excluding diaryl/α,β-unsaturated/α-hetero) is 2. The average molecular weight is 1090 g/mol. The summed E-state index contributed by atoms with van der Waals surface area (Å²) in [5.41, 5.74) is -5.36. The monoisotopic (exact) mass is 1090 g/mol. The van der Waals surface area contributed by atoms with Gasteiger partial charge in [-0.1, -0.05) is 114 Å². The second-order valence-electron chi connectivity index (χ2n) is 23.9. The van der Waals surface area contributed by atoms with E-state index in [9.17, 15) is 19.5 Å². The smallest absolute Gasteiger partial charge is 0.338 e. The number of ketones is 2. The summed E-state index contributed by atoms with van der Waals surface area (Å²) in [7, 11) is -2.89. The van der Waals surface area contributed by atoms with Gasteiger partial charge in [0.1, 0.15) is 23.9 Å². The highest BCUT2D eigenvalue weighted by Crippen LogP contribution is 2.68. The highest BCUT2D eigenvalue weighted by molar-refractivity contribution is 6.74. The van der Waals surface area contributed by atoms with Crippen molar-refractivity contribution in [3.05, 3.63) is 155 Å². The maximum atomic E-state index is 16.8. The van der Waals surface area contributed by atoms with Crippen molar-refractivity contribution in [2.45, 2.75) is 147 Å². The molecule has 416 valence electrons. The fraction of sp³-hybridized carbons (Fsp3) is 0.459. The third-order valence-electron chi connectivity index (χ3n) is 17.9. The highest BCUT2D eigenvalue weighted by atomic mass is 28.4. The lowest BCUT2D eigenvalue weighted by Gasteiger charge is -2.68. The summed E-state index contributed by atoms with van der Waals surface area (Å²) in [5, 5.41) is 21.7. The zero-order valence-electron chi connectivity index (χ0n) is 46.7. The Labute approximate surface area is 462 Å². The largest absolute Gasteiger partial charge is 0.455 e. The van der Waals surface area contributed by atoms with Gasteiger partial charge in [0.05, 0.1) is 36.0 Å². The molecule has 0 spiro atoms. The number of aliphatic hydroxyl groups is 1. The summed E-state index contributed by atoms with van der Waals surface area (Å²) in [6.45, 7) is 19.2. The molecular weight excluding hydrogens is 1020 g/mol. The molecule has 3 fully saturated rings. The van der Waals surface area contributed by atoms with E-state index in [2.05, 4.69) is 36.2 Å². The van der Waals surface area contributed by atoms with E-state index < -0.39 is 119 Å². The number of carbonyl (C=O) groups is 6. The van der Waals surface area contributed by atoms with E-state index in [4.69, 9.17) is 28.4 Å². The second-order valence-corrected chi connectivity index (χ2v) is 28.7. The number of benzene rings is 3. The summed E-state index contributed by atoms with van der Waals surface area (Å²) in [6, 6.07) is 26.7. The molecule has 3 heterocycles. The molecule has 17 nitrogen and oxygen atoms in total. The Balaban J connectivity index is 1.27. The molecule has 1 saturated heterocycles. The Kier molecular flexibility index (Phi) is 15.2. The van der Waals surface area contributed by atoms with Crippen LogP contribution in [0.4, 0.5) is 0 Å². The fourth-order valence-electron chi connectivity index (χ4n) is 12.7. The van der Waals surface area contributed by atoms with Crippen LogP contribution >= 0.6 is 0 Å². The third kappa shape index (κ3) is 10.1. The predicted molar refractivity (Wildman–Crippen MR) is 293 cm³/mol. The van der Waals surface area contributed by atoms with E-state index in [1.807, 2.05) is 43.4 Å². The maximum Gasteiger partial charge on any atom is 0.338 e. The highest BCUT2D eigenvalue weighted by Gasteiger charge is 2.78. The van der Waals surface area contributed by atoms with Gasteiger partial charge in [0, 0.05) is 61.2 Å². The van der Waals surface area contributed by atoms with E-state index >= 15 is 14.4 Å². The first kappa shape index (κ1) is 56.7. The number of rotatable bonds is 15. The lowest BCUT2D eigenvalue weighted by atomic mass is 9.42. The van der Waals surface area contributed by atoms with Gasteiger partial charge in [0.15, 0.2) is 37.4 Å². The zero-order chi connectivity index (χ0) is 57.0. The molecule has 0 unspecified atom stereocenters. The van der Waals surface area contributed by atoms with E-state index in [-0.39, 0.29) is 37.0 Å². The average Bonchev–Trinajstić information content (AvgIpc) is 3.80. The lowest BCUT2D eigenvalue weighted by Crippen LogP contribution is -2.80. The van der Waals surface area contributed by atoms with Crippen LogP contribution in [0.5, 0.6) is 0 Å². The van der Waals surface area contributed by atoms with Crippen molar-refractivity contribution >= 4 is 43.7 Å². The molecule has 1 amide bonds. The summed E-state index contributed by atoms with van der Waals surface area (Å²) < 4.78 is 34.7. The molecule has 5 aromatic rings. The Morgan fingerprint density at radius 3 is 2.08 bits per heavy atom. The SMILES string of the molecule is CC(=O)O[C@H]1C(=O)[C@@]2(C)[C@H]([C@H](OC(=O)c3ccccc3)[C@]3(O)C[C@H](CC(=O)[C@H](O[Si](C)(C)C(C)(C)C)[C@@H](NC(=O)c4ccccc4)c4ccccc4)C(C)=C1C3(C)C)[C@]1(OC(C)=O)CO[C@@H]1C[C@H]2c1cncc(-n2cccn2)n1. The van der Waals surface area contributed by atoms with E-state index in [1.54, 1.807) is 107 Å². The van der Waals surface area contributed by atoms with Crippen LogP contribution in [0.3, 0.4) is 0 Å². The number of nitrogens with zero attached hydrogens (tertiary/aromatic N) is 4. The number of aromatic nitrogens is 4. The Bertz CT molecular complexity index is 3160. The Morgan fingerprint density at radius 1 is 0.873 bits per heavy atom. The van der Waals surface area contributed by atoms with Crippen LogP contribution < -0.4 is 5.32 Å². The first-order valence-corrected chi connectivity index (χ1v) is 29.8. The molecule has 18 heteroatoms. The second kappa shape index (κ2) is 21.2. The number of hydrogen-bond donors (Lipinski definition) is 2. The van der Waals surface area contributed by atoms with Crippen LogP contribution in [-0.4, -0.2) is 111 Å². The van der Waals surface area contributed by atoms with Crippen molar-refractivity contribution < 1.29 is 57.2 Å². The first-order valence-electron chi connectivity index (χ1n) is 26.9. The van der Waals surface area contributed by atoms with E-state index in [1.165, 1.54) is 30.9 Å². The van der Waals surface area contributed by atoms with Gasteiger partial charge in [-0.3, -0.25) is 29.0 Å². The lowest BCUT2D eigenvalue weighted by molar-refractivity contribution is -0.335. The van der Waals surface area contributed by atoms with Crippen molar-refractivity contribution in [3.63, 3.8) is 0 Å². The van der Waals surface area contributed by atoms with Crippen molar-refractivity contribution in [2.75, 3.05) is 6.61 Å².